The molecular formula is C20H20N2O5S. The van der Waals surface area contributed by atoms with Gasteiger partial charge in [-0.1, -0.05) is 37.5 Å². The molecule has 1 aliphatic carbocycles. The summed E-state index contributed by atoms with van der Waals surface area (Å²) in [6, 6.07) is 7.26. The lowest BCUT2D eigenvalue weighted by atomic mass is 9.89. The van der Waals surface area contributed by atoms with E-state index in [4.69, 9.17) is 5.11 Å². The first-order valence-corrected chi connectivity index (χ1v) is 10.2. The smallest absolute Gasteiger partial charge is 0.323 e. The average molecular weight is 400 g/mol. The molecule has 1 N–H and O–H groups in total. The van der Waals surface area contributed by atoms with Gasteiger partial charge in [0.05, 0.1) is 16.2 Å². The molecule has 2 fully saturated rings. The number of imide groups is 1. The molecule has 3 aliphatic rings. The second-order valence-electron chi connectivity index (χ2n) is 7.29. The lowest BCUT2D eigenvalue weighted by molar-refractivity contribution is -0.140. The number of aliphatic carboxylic acids is 1. The summed E-state index contributed by atoms with van der Waals surface area (Å²) in [5.74, 6) is -1.85. The zero-order chi connectivity index (χ0) is 19.8. The molecule has 2 aliphatic heterocycles. The van der Waals surface area contributed by atoms with Crippen LogP contribution in [0, 0.1) is 5.92 Å². The van der Waals surface area contributed by atoms with Crippen LogP contribution in [-0.2, 0) is 14.4 Å². The number of anilines is 1. The Kier molecular flexibility index (Phi) is 4.97. The van der Waals surface area contributed by atoms with Crippen LogP contribution in [0.15, 0.2) is 29.2 Å². The van der Waals surface area contributed by atoms with Crippen molar-refractivity contribution in [2.75, 3.05) is 18.0 Å². The monoisotopic (exact) mass is 400 g/mol. The predicted octanol–water partition coefficient (Wildman–Crippen LogP) is 3.10. The quantitative estimate of drug-likeness (QED) is 0.781. The van der Waals surface area contributed by atoms with Crippen LogP contribution in [-0.4, -0.2) is 46.1 Å². The van der Waals surface area contributed by atoms with Gasteiger partial charge in [-0.15, -0.1) is 0 Å². The van der Waals surface area contributed by atoms with E-state index >= 15 is 0 Å². The number of thioether (sulfide) groups is 1. The molecule has 1 saturated heterocycles. The number of carbonyl (C=O) groups excluding carboxylic acids is 3. The number of carboxylic acids is 1. The highest BCUT2D eigenvalue weighted by Crippen LogP contribution is 2.45. The van der Waals surface area contributed by atoms with Gasteiger partial charge in [-0.3, -0.25) is 24.1 Å². The summed E-state index contributed by atoms with van der Waals surface area (Å²) in [4.78, 5) is 51.5. The lowest BCUT2D eigenvalue weighted by Crippen LogP contribution is -2.34. The Morgan fingerprint density at radius 1 is 1.04 bits per heavy atom. The summed E-state index contributed by atoms with van der Waals surface area (Å²) in [5, 5.41) is 8.29. The molecule has 0 spiro atoms. The summed E-state index contributed by atoms with van der Waals surface area (Å²) in [5.41, 5.74) is 1.59. The molecule has 8 heteroatoms. The number of para-hydroxylation sites is 1. The van der Waals surface area contributed by atoms with Gasteiger partial charge in [-0.25, -0.2) is 0 Å². The molecule has 4 rings (SSSR count). The SMILES string of the molecule is O=C(O)CN1C(=O)S/C(=C2\C(=O)N(CC3CCCCC3)c3ccccc32)C1=O. The molecule has 0 atom stereocenters. The maximum absolute atomic E-state index is 13.3. The van der Waals surface area contributed by atoms with Gasteiger partial charge >= 0.3 is 5.97 Å². The molecule has 3 amide bonds. The van der Waals surface area contributed by atoms with Crippen molar-refractivity contribution in [1.82, 2.24) is 4.90 Å². The average Bonchev–Trinajstić information content (AvgIpc) is 3.10. The molecule has 0 bridgehead atoms. The zero-order valence-corrected chi connectivity index (χ0v) is 16.0. The molecule has 0 unspecified atom stereocenters. The van der Waals surface area contributed by atoms with Crippen LogP contribution in [0.2, 0.25) is 0 Å². The van der Waals surface area contributed by atoms with Gasteiger partial charge in [0.2, 0.25) is 0 Å². The zero-order valence-electron chi connectivity index (χ0n) is 15.2. The van der Waals surface area contributed by atoms with Crippen molar-refractivity contribution in [1.29, 1.82) is 0 Å². The van der Waals surface area contributed by atoms with Gasteiger partial charge < -0.3 is 10.0 Å². The number of rotatable bonds is 4. The third-order valence-electron chi connectivity index (χ3n) is 5.46. The standard InChI is InChI=1S/C20H20N2O5S/c23-15(24)11-22-19(26)17(28-20(22)27)16-13-8-4-5-9-14(13)21(18(16)25)10-12-6-2-1-3-7-12/h4-5,8-9,12H,1-3,6-7,10-11H2,(H,23,24)/b17-16-. The molecule has 2 heterocycles. The van der Waals surface area contributed by atoms with Crippen molar-refractivity contribution >= 4 is 46.0 Å². The van der Waals surface area contributed by atoms with E-state index in [2.05, 4.69) is 0 Å². The third-order valence-corrected chi connectivity index (χ3v) is 6.44. The van der Waals surface area contributed by atoms with Gasteiger partial charge in [0.1, 0.15) is 6.54 Å². The summed E-state index contributed by atoms with van der Waals surface area (Å²) in [7, 11) is 0. The van der Waals surface area contributed by atoms with Crippen molar-refractivity contribution in [2.45, 2.75) is 32.1 Å². The van der Waals surface area contributed by atoms with Crippen molar-refractivity contribution in [3.05, 3.63) is 34.7 Å². The summed E-state index contributed by atoms with van der Waals surface area (Å²) in [6.07, 6.45) is 5.71. The van der Waals surface area contributed by atoms with Gasteiger partial charge in [-0.2, -0.15) is 0 Å². The van der Waals surface area contributed by atoms with Crippen LogP contribution < -0.4 is 4.90 Å². The number of nitrogens with zero attached hydrogens (tertiary/aromatic N) is 2. The number of hydrogen-bond donors (Lipinski definition) is 1. The summed E-state index contributed by atoms with van der Waals surface area (Å²) in [6.45, 7) is -0.110. The van der Waals surface area contributed by atoms with E-state index in [9.17, 15) is 19.2 Å². The fourth-order valence-corrected chi connectivity index (χ4v) is 5.06. The highest BCUT2D eigenvalue weighted by atomic mass is 32.2. The summed E-state index contributed by atoms with van der Waals surface area (Å²) >= 11 is 0.643. The number of fused-ring (bicyclic) bond motifs is 1. The van der Waals surface area contributed by atoms with Crippen LogP contribution in [0.3, 0.4) is 0 Å². The van der Waals surface area contributed by atoms with Gasteiger partial charge in [0.25, 0.3) is 17.1 Å². The van der Waals surface area contributed by atoms with Crippen LogP contribution in [0.1, 0.15) is 37.7 Å². The number of amides is 3. The fourth-order valence-electron chi connectivity index (χ4n) is 4.13. The van der Waals surface area contributed by atoms with Crippen LogP contribution in [0.4, 0.5) is 10.5 Å². The topological polar surface area (TPSA) is 95.0 Å². The van der Waals surface area contributed by atoms with E-state index in [0.717, 1.165) is 31.4 Å². The van der Waals surface area contributed by atoms with Crippen LogP contribution in [0.25, 0.3) is 5.57 Å². The molecule has 1 aromatic carbocycles. The Labute approximate surface area is 166 Å². The third kappa shape index (κ3) is 3.22. The van der Waals surface area contributed by atoms with E-state index in [-0.39, 0.29) is 16.4 Å². The van der Waals surface area contributed by atoms with Gasteiger partial charge in [0, 0.05) is 12.1 Å². The van der Waals surface area contributed by atoms with Crippen molar-refractivity contribution in [3.8, 4) is 0 Å². The molecule has 0 aromatic heterocycles. The molecule has 7 nitrogen and oxygen atoms in total. The molecule has 1 saturated carbocycles. The van der Waals surface area contributed by atoms with Gasteiger partial charge in [-0.05, 0) is 36.6 Å². The number of carbonyl (C=O) groups is 4. The van der Waals surface area contributed by atoms with Crippen LogP contribution in [0.5, 0.6) is 0 Å². The Morgan fingerprint density at radius 2 is 1.75 bits per heavy atom. The molecule has 1 aromatic rings. The highest BCUT2D eigenvalue weighted by Gasteiger charge is 2.44. The van der Waals surface area contributed by atoms with Crippen molar-refractivity contribution in [2.24, 2.45) is 5.92 Å². The summed E-state index contributed by atoms with van der Waals surface area (Å²) < 4.78 is 0. The van der Waals surface area contributed by atoms with Crippen LogP contribution >= 0.6 is 11.8 Å². The maximum atomic E-state index is 13.3. The maximum Gasteiger partial charge on any atom is 0.323 e. The highest BCUT2D eigenvalue weighted by molar-refractivity contribution is 8.18. The second-order valence-corrected chi connectivity index (χ2v) is 8.26. The predicted molar refractivity (Wildman–Crippen MR) is 105 cm³/mol. The first kappa shape index (κ1) is 18.7. The number of hydrogen-bond acceptors (Lipinski definition) is 5. The fraction of sp³-hybridized carbons (Fsp3) is 0.400. The molecule has 0 radical (unpaired) electrons. The Bertz CT molecular complexity index is 904. The minimum absolute atomic E-state index is 0.0230. The number of carboxylic acid groups (broad SMARTS) is 1. The first-order valence-electron chi connectivity index (χ1n) is 9.38. The second kappa shape index (κ2) is 7.43. The first-order chi connectivity index (χ1) is 13.5. The number of benzene rings is 1. The molecule has 28 heavy (non-hydrogen) atoms. The lowest BCUT2D eigenvalue weighted by Gasteiger charge is -2.27. The van der Waals surface area contributed by atoms with Crippen molar-refractivity contribution < 1.29 is 24.3 Å². The Hall–Kier alpha value is -2.61. The molecule has 146 valence electrons. The van der Waals surface area contributed by atoms with E-state index in [0.29, 0.717) is 34.7 Å². The van der Waals surface area contributed by atoms with E-state index in [1.54, 1.807) is 17.0 Å². The van der Waals surface area contributed by atoms with E-state index in [1.165, 1.54) is 6.42 Å². The van der Waals surface area contributed by atoms with E-state index < -0.39 is 23.7 Å². The minimum atomic E-state index is -1.27. The van der Waals surface area contributed by atoms with Gasteiger partial charge in [0.15, 0.2) is 0 Å². The van der Waals surface area contributed by atoms with E-state index in [1.807, 2.05) is 12.1 Å². The molecular weight excluding hydrogens is 380 g/mol. The van der Waals surface area contributed by atoms with Crippen molar-refractivity contribution in [3.63, 3.8) is 0 Å². The normalized spacial score (nSPS) is 22.9. The Balaban J connectivity index is 1.71. The Morgan fingerprint density at radius 3 is 2.46 bits per heavy atom. The minimum Gasteiger partial charge on any atom is -0.480 e. The largest absolute Gasteiger partial charge is 0.480 e.